The van der Waals surface area contributed by atoms with Crippen LogP contribution in [0.15, 0.2) is 53.7 Å². The summed E-state index contributed by atoms with van der Waals surface area (Å²) in [6, 6.07) is 12.2. The molecule has 0 aliphatic carbocycles. The van der Waals surface area contributed by atoms with E-state index in [1.54, 1.807) is 25.4 Å². The lowest BCUT2D eigenvalue weighted by Crippen LogP contribution is -2.36. The first-order chi connectivity index (χ1) is 11.2. The molecule has 0 bridgehead atoms. The minimum Gasteiger partial charge on any atom is -0.435 e. The Morgan fingerprint density at radius 3 is 2.62 bits per heavy atom. The molecule has 0 amide bonds. The molecule has 1 aromatic heterocycles. The number of nitrogens with zero attached hydrogens (tertiary/aromatic N) is 2. The highest BCUT2D eigenvalue weighted by Crippen LogP contribution is 2.15. The van der Waals surface area contributed by atoms with Gasteiger partial charge < -0.3 is 15.4 Å². The Hall–Kier alpha value is -1.97. The molecule has 2 N–H and O–H groups in total. The second-order valence-corrected chi connectivity index (χ2v) is 4.63. The van der Waals surface area contributed by atoms with Gasteiger partial charge in [0.25, 0.3) is 0 Å². The monoisotopic (exact) mass is 448 g/mol. The van der Waals surface area contributed by atoms with E-state index in [0.29, 0.717) is 19.0 Å². The van der Waals surface area contributed by atoms with Gasteiger partial charge in [-0.3, -0.25) is 9.98 Å². The standard InChI is InChI=1S/C16H18F2N4O.HI/c1-19-16(22-11-13-6-2-3-8-20-13)21-10-12-5-4-7-14(9-12)23-15(17)18;/h2-9,15H,10-11H2,1H3,(H2,19,21,22);1H. The van der Waals surface area contributed by atoms with E-state index in [1.807, 2.05) is 24.3 Å². The first kappa shape index (κ1) is 20.1. The number of guanidine groups is 1. The van der Waals surface area contributed by atoms with Crippen molar-refractivity contribution in [1.82, 2.24) is 15.6 Å². The molecule has 0 aliphatic rings. The largest absolute Gasteiger partial charge is 0.435 e. The van der Waals surface area contributed by atoms with E-state index in [2.05, 4.69) is 25.3 Å². The Morgan fingerprint density at radius 1 is 1.17 bits per heavy atom. The van der Waals surface area contributed by atoms with Crippen LogP contribution in [0.1, 0.15) is 11.3 Å². The fourth-order valence-corrected chi connectivity index (χ4v) is 1.92. The Bertz CT molecular complexity index is 641. The van der Waals surface area contributed by atoms with Crippen molar-refractivity contribution in [2.24, 2.45) is 4.99 Å². The van der Waals surface area contributed by atoms with Crippen molar-refractivity contribution in [1.29, 1.82) is 0 Å². The lowest BCUT2D eigenvalue weighted by atomic mass is 10.2. The molecule has 0 fully saturated rings. The van der Waals surface area contributed by atoms with Gasteiger partial charge >= 0.3 is 6.61 Å². The molecule has 2 aromatic rings. The predicted molar refractivity (Wildman–Crippen MR) is 99.8 cm³/mol. The number of benzene rings is 1. The highest BCUT2D eigenvalue weighted by atomic mass is 127. The normalized spacial score (nSPS) is 10.9. The van der Waals surface area contributed by atoms with Gasteiger partial charge in [-0.15, -0.1) is 24.0 Å². The van der Waals surface area contributed by atoms with Crippen LogP contribution in [0, 0.1) is 0 Å². The molecule has 5 nitrogen and oxygen atoms in total. The molecule has 1 aromatic carbocycles. The van der Waals surface area contributed by atoms with Crippen LogP contribution in [0.5, 0.6) is 5.75 Å². The average molecular weight is 448 g/mol. The fourth-order valence-electron chi connectivity index (χ4n) is 1.92. The average Bonchev–Trinajstić information content (AvgIpc) is 2.56. The number of hydrogen-bond donors (Lipinski definition) is 2. The first-order valence-corrected chi connectivity index (χ1v) is 7.05. The van der Waals surface area contributed by atoms with E-state index in [1.165, 1.54) is 6.07 Å². The van der Waals surface area contributed by atoms with Crippen LogP contribution in [0.3, 0.4) is 0 Å². The topological polar surface area (TPSA) is 58.5 Å². The zero-order valence-corrected chi connectivity index (χ0v) is 15.4. The summed E-state index contributed by atoms with van der Waals surface area (Å²) in [5.41, 5.74) is 1.70. The van der Waals surface area contributed by atoms with Crippen molar-refractivity contribution < 1.29 is 13.5 Å². The number of aromatic nitrogens is 1. The Labute approximate surface area is 156 Å². The van der Waals surface area contributed by atoms with Crippen LogP contribution in [-0.2, 0) is 13.1 Å². The van der Waals surface area contributed by atoms with E-state index in [-0.39, 0.29) is 29.7 Å². The number of aliphatic imine (C=N–C) groups is 1. The zero-order chi connectivity index (χ0) is 16.5. The molecule has 0 spiro atoms. The summed E-state index contributed by atoms with van der Waals surface area (Å²) in [5.74, 6) is 0.728. The number of rotatable bonds is 6. The van der Waals surface area contributed by atoms with Crippen LogP contribution in [-0.4, -0.2) is 24.6 Å². The molecular weight excluding hydrogens is 429 g/mol. The molecule has 0 saturated heterocycles. The van der Waals surface area contributed by atoms with Crippen molar-refractivity contribution in [2.45, 2.75) is 19.7 Å². The highest BCUT2D eigenvalue weighted by molar-refractivity contribution is 14.0. The summed E-state index contributed by atoms with van der Waals surface area (Å²) in [7, 11) is 1.66. The molecule has 2 rings (SSSR count). The maximum atomic E-state index is 12.2. The number of alkyl halides is 2. The van der Waals surface area contributed by atoms with Crippen molar-refractivity contribution in [2.75, 3.05) is 7.05 Å². The Morgan fingerprint density at radius 2 is 1.96 bits per heavy atom. The van der Waals surface area contributed by atoms with Crippen LogP contribution in [0.4, 0.5) is 8.78 Å². The van der Waals surface area contributed by atoms with Crippen molar-refractivity contribution in [3.8, 4) is 5.75 Å². The van der Waals surface area contributed by atoms with Crippen molar-refractivity contribution in [3.63, 3.8) is 0 Å². The summed E-state index contributed by atoms with van der Waals surface area (Å²) in [5, 5.41) is 6.23. The highest BCUT2D eigenvalue weighted by Gasteiger charge is 2.05. The molecule has 24 heavy (non-hydrogen) atoms. The van der Waals surface area contributed by atoms with Crippen molar-refractivity contribution >= 4 is 29.9 Å². The molecule has 0 atom stereocenters. The van der Waals surface area contributed by atoms with Gasteiger partial charge in [0.2, 0.25) is 0 Å². The molecule has 0 radical (unpaired) electrons. The number of ether oxygens (including phenoxy) is 1. The number of pyridine rings is 1. The van der Waals surface area contributed by atoms with Gasteiger partial charge in [0, 0.05) is 19.8 Å². The zero-order valence-electron chi connectivity index (χ0n) is 13.1. The molecule has 8 heteroatoms. The fraction of sp³-hybridized carbons (Fsp3) is 0.250. The molecule has 0 aliphatic heterocycles. The number of halogens is 3. The minimum atomic E-state index is -2.83. The van der Waals surface area contributed by atoms with Crippen molar-refractivity contribution in [3.05, 3.63) is 59.9 Å². The summed E-state index contributed by atoms with van der Waals surface area (Å²) in [6.45, 7) is -1.86. The SMILES string of the molecule is CN=C(NCc1cccc(OC(F)F)c1)NCc1ccccn1.I. The van der Waals surface area contributed by atoms with E-state index >= 15 is 0 Å². The number of hydrogen-bond acceptors (Lipinski definition) is 3. The third-order valence-electron chi connectivity index (χ3n) is 2.97. The quantitative estimate of drug-likeness (QED) is 0.405. The first-order valence-electron chi connectivity index (χ1n) is 7.05. The molecule has 0 unspecified atom stereocenters. The maximum absolute atomic E-state index is 12.2. The third kappa shape index (κ3) is 7.07. The summed E-state index contributed by atoms with van der Waals surface area (Å²) in [4.78, 5) is 8.31. The summed E-state index contributed by atoms with van der Waals surface area (Å²) < 4.78 is 28.8. The smallest absolute Gasteiger partial charge is 0.387 e. The van der Waals surface area contributed by atoms with Crippen LogP contribution < -0.4 is 15.4 Å². The van der Waals surface area contributed by atoms with Crippen LogP contribution in [0.2, 0.25) is 0 Å². The number of nitrogens with one attached hydrogen (secondary N) is 2. The molecule has 0 saturated carbocycles. The second-order valence-electron chi connectivity index (χ2n) is 4.63. The second kappa shape index (κ2) is 10.7. The van der Waals surface area contributed by atoms with Crippen LogP contribution >= 0.6 is 24.0 Å². The summed E-state index contributed by atoms with van der Waals surface area (Å²) >= 11 is 0. The van der Waals surface area contributed by atoms with Gasteiger partial charge in [0.15, 0.2) is 5.96 Å². The van der Waals surface area contributed by atoms with Gasteiger partial charge in [0.1, 0.15) is 5.75 Å². The van der Waals surface area contributed by atoms with Crippen LogP contribution in [0.25, 0.3) is 0 Å². The van der Waals surface area contributed by atoms with Gasteiger partial charge in [-0.05, 0) is 29.8 Å². The maximum Gasteiger partial charge on any atom is 0.387 e. The lowest BCUT2D eigenvalue weighted by Gasteiger charge is -2.12. The van der Waals surface area contributed by atoms with E-state index < -0.39 is 6.61 Å². The Kier molecular flexibility index (Phi) is 8.98. The van der Waals surface area contributed by atoms with E-state index in [4.69, 9.17) is 0 Å². The molecule has 130 valence electrons. The van der Waals surface area contributed by atoms with Gasteiger partial charge in [-0.2, -0.15) is 8.78 Å². The third-order valence-corrected chi connectivity index (χ3v) is 2.97. The minimum absolute atomic E-state index is 0. The van der Waals surface area contributed by atoms with Gasteiger partial charge in [-0.25, -0.2) is 0 Å². The Balaban J connectivity index is 0.00000288. The molecular formula is C16H19F2IN4O. The van der Waals surface area contributed by atoms with Gasteiger partial charge in [-0.1, -0.05) is 18.2 Å². The molecule has 1 heterocycles. The van der Waals surface area contributed by atoms with E-state index in [0.717, 1.165) is 11.3 Å². The lowest BCUT2D eigenvalue weighted by molar-refractivity contribution is -0.0498. The van der Waals surface area contributed by atoms with E-state index in [9.17, 15) is 8.78 Å². The predicted octanol–water partition coefficient (Wildman–Crippen LogP) is 3.17. The summed E-state index contributed by atoms with van der Waals surface area (Å²) in [6.07, 6.45) is 1.72. The van der Waals surface area contributed by atoms with Gasteiger partial charge in [0.05, 0.1) is 12.2 Å².